The topological polar surface area (TPSA) is 62.6 Å². The van der Waals surface area contributed by atoms with Crippen molar-refractivity contribution in [2.45, 2.75) is 39.3 Å². The number of carbonyl (C=O) groups is 2. The van der Waals surface area contributed by atoms with Crippen LogP contribution in [0, 0.1) is 5.82 Å². The Morgan fingerprint density at radius 2 is 1.77 bits per heavy atom. The predicted octanol–water partition coefficient (Wildman–Crippen LogP) is 0.582. The second kappa shape index (κ2) is 7.35. The smallest absolute Gasteiger partial charge is 0.282 e. The third-order valence-electron chi connectivity index (χ3n) is 3.20. The summed E-state index contributed by atoms with van der Waals surface area (Å²) in [6.45, 7) is 7.68. The van der Waals surface area contributed by atoms with Gasteiger partial charge in [0.05, 0.1) is 7.05 Å². The van der Waals surface area contributed by atoms with E-state index in [2.05, 4.69) is 10.6 Å². The Bertz CT molecular complexity index is 523. The normalized spacial score (nSPS) is 14.1. The minimum absolute atomic E-state index is 0.105. The van der Waals surface area contributed by atoms with Gasteiger partial charge in [0.15, 0.2) is 12.6 Å². The largest absolute Gasteiger partial charge is 0.347 e. The Kier molecular flexibility index (Phi) is 6.05. The Morgan fingerprint density at radius 1 is 1.23 bits per heavy atom. The van der Waals surface area contributed by atoms with E-state index >= 15 is 0 Å². The molecule has 3 N–H and O–H groups in total. The zero-order valence-electron chi connectivity index (χ0n) is 13.8. The fourth-order valence-electron chi connectivity index (χ4n) is 1.88. The molecule has 0 saturated heterocycles. The minimum Gasteiger partial charge on any atom is -0.347 e. The summed E-state index contributed by atoms with van der Waals surface area (Å²) < 4.78 is 12.8. The van der Waals surface area contributed by atoms with Gasteiger partial charge in [-0.3, -0.25) is 9.59 Å². The van der Waals surface area contributed by atoms with Crippen molar-refractivity contribution in [1.82, 2.24) is 5.32 Å². The summed E-state index contributed by atoms with van der Waals surface area (Å²) in [5.74, 6) is -0.674. The fourth-order valence-corrected chi connectivity index (χ4v) is 1.88. The summed E-state index contributed by atoms with van der Waals surface area (Å²) in [6.07, 6.45) is 0. The molecule has 0 fully saturated rings. The molecule has 1 rings (SSSR count). The highest BCUT2D eigenvalue weighted by Crippen LogP contribution is 2.08. The molecule has 5 nitrogen and oxygen atoms in total. The Morgan fingerprint density at radius 3 is 2.27 bits per heavy atom. The van der Waals surface area contributed by atoms with E-state index in [4.69, 9.17) is 0 Å². The number of likely N-dealkylation sites (N-methyl/N-ethyl adjacent to an activating group) is 1. The molecule has 0 radical (unpaired) electrons. The third-order valence-corrected chi connectivity index (χ3v) is 3.20. The first-order chi connectivity index (χ1) is 10.1. The van der Waals surface area contributed by atoms with Gasteiger partial charge in [-0.1, -0.05) is 0 Å². The predicted molar refractivity (Wildman–Crippen MR) is 84.1 cm³/mol. The third kappa shape index (κ3) is 6.22. The van der Waals surface area contributed by atoms with E-state index in [1.54, 1.807) is 14.0 Å². The van der Waals surface area contributed by atoms with E-state index in [1.807, 2.05) is 20.8 Å². The van der Waals surface area contributed by atoms with E-state index in [0.717, 1.165) is 4.90 Å². The highest BCUT2D eigenvalue weighted by atomic mass is 19.1. The first kappa shape index (κ1) is 18.1. The van der Waals surface area contributed by atoms with E-state index in [-0.39, 0.29) is 29.7 Å². The summed E-state index contributed by atoms with van der Waals surface area (Å²) in [6, 6.07) is 5.17. The van der Waals surface area contributed by atoms with Gasteiger partial charge in [-0.05, 0) is 52.0 Å². The molecule has 0 aliphatic rings. The van der Waals surface area contributed by atoms with Crippen LogP contribution in [0.5, 0.6) is 0 Å². The first-order valence-corrected chi connectivity index (χ1v) is 7.28. The minimum atomic E-state index is -0.407. The number of hydrogen-bond donors (Lipinski definition) is 3. The molecule has 6 heteroatoms. The Labute approximate surface area is 130 Å². The summed E-state index contributed by atoms with van der Waals surface area (Å²) in [7, 11) is 1.79. The summed E-state index contributed by atoms with van der Waals surface area (Å²) >= 11 is 0. The van der Waals surface area contributed by atoms with Crippen LogP contribution in [-0.4, -0.2) is 37.0 Å². The second-order valence-corrected chi connectivity index (χ2v) is 6.54. The molecule has 0 heterocycles. The summed E-state index contributed by atoms with van der Waals surface area (Å²) in [5, 5.41) is 5.58. The van der Waals surface area contributed by atoms with Crippen molar-refractivity contribution in [3.05, 3.63) is 30.1 Å². The molecule has 2 amide bonds. The zero-order chi connectivity index (χ0) is 16.9. The lowest BCUT2D eigenvalue weighted by atomic mass is 10.1. The molecule has 0 aliphatic carbocycles. The van der Waals surface area contributed by atoms with Gasteiger partial charge in [-0.25, -0.2) is 4.39 Å². The molecular formula is C16H25FN3O2+. The number of rotatable bonds is 5. The fraction of sp³-hybridized carbons (Fsp3) is 0.500. The number of quaternary nitrogens is 1. The molecule has 1 aromatic carbocycles. The SMILES string of the molecule is C[C@H](C(=O)Nc1ccc(F)cc1)[NH+](C)CC(=O)NC(C)(C)C. The lowest BCUT2D eigenvalue weighted by molar-refractivity contribution is -0.885. The van der Waals surface area contributed by atoms with Gasteiger partial charge in [-0.2, -0.15) is 0 Å². The van der Waals surface area contributed by atoms with Gasteiger partial charge in [0, 0.05) is 11.2 Å². The number of benzene rings is 1. The van der Waals surface area contributed by atoms with Gasteiger partial charge in [0.1, 0.15) is 5.82 Å². The average Bonchev–Trinajstić information content (AvgIpc) is 2.38. The van der Waals surface area contributed by atoms with Crippen LogP contribution in [0.2, 0.25) is 0 Å². The molecule has 0 bridgehead atoms. The van der Waals surface area contributed by atoms with Crippen LogP contribution in [-0.2, 0) is 9.59 Å². The molecule has 0 spiro atoms. The van der Waals surface area contributed by atoms with E-state index < -0.39 is 6.04 Å². The standard InChI is InChI=1S/C16H24FN3O2/c1-11(20(5)10-14(21)19-16(2,3)4)15(22)18-13-8-6-12(17)7-9-13/h6-9,11H,10H2,1-5H3,(H,18,22)(H,19,21)/p+1/t11-/m1/s1. The van der Waals surface area contributed by atoms with Crippen molar-refractivity contribution >= 4 is 17.5 Å². The highest BCUT2D eigenvalue weighted by Gasteiger charge is 2.25. The van der Waals surface area contributed by atoms with Crippen molar-refractivity contribution in [3.63, 3.8) is 0 Å². The van der Waals surface area contributed by atoms with Gasteiger partial charge < -0.3 is 15.5 Å². The van der Waals surface area contributed by atoms with Crippen LogP contribution in [0.15, 0.2) is 24.3 Å². The Hall–Kier alpha value is -1.95. The maximum Gasteiger partial charge on any atom is 0.282 e. The number of nitrogens with one attached hydrogen (secondary N) is 3. The molecular weight excluding hydrogens is 285 g/mol. The quantitative estimate of drug-likeness (QED) is 0.745. The van der Waals surface area contributed by atoms with Crippen molar-refractivity contribution in [1.29, 1.82) is 0 Å². The average molecular weight is 310 g/mol. The number of halogens is 1. The number of amides is 2. The van der Waals surface area contributed by atoms with Crippen molar-refractivity contribution in [3.8, 4) is 0 Å². The summed E-state index contributed by atoms with van der Waals surface area (Å²) in [4.78, 5) is 24.8. The first-order valence-electron chi connectivity index (χ1n) is 7.28. The van der Waals surface area contributed by atoms with Crippen LogP contribution in [0.25, 0.3) is 0 Å². The maximum atomic E-state index is 12.8. The zero-order valence-corrected chi connectivity index (χ0v) is 13.8. The van der Waals surface area contributed by atoms with E-state index in [1.165, 1.54) is 24.3 Å². The molecule has 1 unspecified atom stereocenters. The maximum absolute atomic E-state index is 12.8. The number of hydrogen-bond acceptors (Lipinski definition) is 2. The molecule has 0 saturated carbocycles. The molecule has 0 aliphatic heterocycles. The van der Waals surface area contributed by atoms with Crippen LogP contribution >= 0.6 is 0 Å². The molecule has 0 aromatic heterocycles. The van der Waals surface area contributed by atoms with Crippen molar-refractivity contribution in [2.75, 3.05) is 18.9 Å². The summed E-state index contributed by atoms with van der Waals surface area (Å²) in [5.41, 5.74) is 0.238. The van der Waals surface area contributed by atoms with Crippen LogP contribution in [0.3, 0.4) is 0 Å². The van der Waals surface area contributed by atoms with Gasteiger partial charge in [-0.15, -0.1) is 0 Å². The van der Waals surface area contributed by atoms with Gasteiger partial charge >= 0.3 is 0 Å². The van der Waals surface area contributed by atoms with Crippen LogP contribution in [0.1, 0.15) is 27.7 Å². The van der Waals surface area contributed by atoms with Crippen molar-refractivity contribution in [2.24, 2.45) is 0 Å². The van der Waals surface area contributed by atoms with Crippen LogP contribution < -0.4 is 15.5 Å². The highest BCUT2D eigenvalue weighted by molar-refractivity contribution is 5.93. The lowest BCUT2D eigenvalue weighted by Crippen LogP contribution is -3.15. The van der Waals surface area contributed by atoms with Gasteiger partial charge in [0.2, 0.25) is 0 Å². The monoisotopic (exact) mass is 310 g/mol. The number of anilines is 1. The lowest BCUT2D eigenvalue weighted by Gasteiger charge is -2.24. The Balaban J connectivity index is 2.54. The molecule has 22 heavy (non-hydrogen) atoms. The van der Waals surface area contributed by atoms with Gasteiger partial charge in [0.25, 0.3) is 11.8 Å². The van der Waals surface area contributed by atoms with Crippen molar-refractivity contribution < 1.29 is 18.9 Å². The molecule has 122 valence electrons. The molecule has 1 aromatic rings. The second-order valence-electron chi connectivity index (χ2n) is 6.54. The van der Waals surface area contributed by atoms with E-state index in [9.17, 15) is 14.0 Å². The number of carbonyl (C=O) groups excluding carboxylic acids is 2. The van der Waals surface area contributed by atoms with Crippen LogP contribution in [0.4, 0.5) is 10.1 Å². The molecule has 2 atom stereocenters. The van der Waals surface area contributed by atoms with E-state index in [0.29, 0.717) is 5.69 Å².